The third-order valence-corrected chi connectivity index (χ3v) is 4.89. The standard InChI is InChI=1S/C19H16F6N6.CH3I/c20-18(21,22)12-8-5-4-6-10(12)14-26-13-9-3-1-2-7-11(13)15(27-14)28-17-29-16(30-31-17)19(23,24)25;1-2/h4-6,8H,1-3,7,9H2,(H2,26,27,28,29,30,31);1H3. The molecule has 178 valence electrons. The SMILES string of the molecule is CI.FC(F)(F)c1nc(Nc2nc(-c3ccccc3C(F)(F)F)nc3c2CCCCC3)n[nH]1. The van der Waals surface area contributed by atoms with Crippen molar-refractivity contribution in [1.82, 2.24) is 25.1 Å². The van der Waals surface area contributed by atoms with Gasteiger partial charge >= 0.3 is 12.4 Å². The third kappa shape index (κ3) is 5.92. The zero-order valence-corrected chi connectivity index (χ0v) is 19.4. The number of nitrogens with zero attached hydrogens (tertiary/aromatic N) is 4. The summed E-state index contributed by atoms with van der Waals surface area (Å²) in [5.41, 5.74) is 0.0977. The number of anilines is 2. The Bertz CT molecular complexity index is 1100. The number of hydrogen-bond acceptors (Lipinski definition) is 5. The summed E-state index contributed by atoms with van der Waals surface area (Å²) >= 11 is 2.15. The van der Waals surface area contributed by atoms with Crippen molar-refractivity contribution in [3.05, 3.63) is 46.9 Å². The van der Waals surface area contributed by atoms with Crippen LogP contribution in [0.1, 0.15) is 41.9 Å². The minimum absolute atomic E-state index is 0.103. The molecule has 13 heteroatoms. The number of alkyl halides is 7. The summed E-state index contributed by atoms with van der Waals surface area (Å²) in [6.45, 7) is 0. The van der Waals surface area contributed by atoms with Crippen LogP contribution in [0.5, 0.6) is 0 Å². The molecule has 4 rings (SSSR count). The molecule has 0 fully saturated rings. The number of H-pyrrole nitrogens is 1. The van der Waals surface area contributed by atoms with Gasteiger partial charge < -0.3 is 5.32 Å². The van der Waals surface area contributed by atoms with E-state index in [9.17, 15) is 26.3 Å². The Labute approximate surface area is 198 Å². The summed E-state index contributed by atoms with van der Waals surface area (Å²) in [4.78, 5) is 14.0. The van der Waals surface area contributed by atoms with E-state index in [1.165, 1.54) is 18.2 Å². The van der Waals surface area contributed by atoms with E-state index in [-0.39, 0.29) is 23.2 Å². The van der Waals surface area contributed by atoms with Gasteiger partial charge in [0.15, 0.2) is 5.82 Å². The van der Waals surface area contributed by atoms with Crippen LogP contribution in [-0.4, -0.2) is 30.1 Å². The van der Waals surface area contributed by atoms with Gasteiger partial charge in [0.25, 0.3) is 0 Å². The Morgan fingerprint density at radius 2 is 1.58 bits per heavy atom. The maximum atomic E-state index is 13.5. The molecule has 0 spiro atoms. The lowest BCUT2D eigenvalue weighted by atomic mass is 10.0. The maximum absolute atomic E-state index is 13.5. The van der Waals surface area contributed by atoms with Crippen molar-refractivity contribution in [2.24, 2.45) is 0 Å². The largest absolute Gasteiger partial charge is 0.451 e. The Kier molecular flexibility index (Phi) is 7.80. The molecule has 0 saturated heterocycles. The minimum atomic E-state index is -4.72. The number of halogens is 7. The van der Waals surface area contributed by atoms with Crippen LogP contribution in [0.4, 0.5) is 38.1 Å². The van der Waals surface area contributed by atoms with Crippen molar-refractivity contribution in [1.29, 1.82) is 0 Å². The first-order valence-corrected chi connectivity index (χ1v) is 12.0. The Hall–Kier alpha value is -2.45. The van der Waals surface area contributed by atoms with E-state index >= 15 is 0 Å². The maximum Gasteiger partial charge on any atom is 0.451 e. The van der Waals surface area contributed by atoms with Crippen LogP contribution in [0.25, 0.3) is 11.4 Å². The molecule has 0 saturated carbocycles. The lowest BCUT2D eigenvalue weighted by Crippen LogP contribution is -2.11. The van der Waals surface area contributed by atoms with Gasteiger partial charge in [0.05, 0.1) is 5.56 Å². The molecular formula is C20H19F6IN6. The van der Waals surface area contributed by atoms with Gasteiger partial charge in [-0.3, -0.25) is 5.10 Å². The van der Waals surface area contributed by atoms with Gasteiger partial charge in [0, 0.05) is 16.8 Å². The first-order chi connectivity index (χ1) is 15.6. The van der Waals surface area contributed by atoms with Crippen molar-refractivity contribution >= 4 is 34.4 Å². The molecule has 3 aromatic rings. The van der Waals surface area contributed by atoms with Crippen molar-refractivity contribution < 1.29 is 26.3 Å². The van der Waals surface area contributed by atoms with Crippen LogP contribution < -0.4 is 5.32 Å². The fraction of sp³-hybridized carbons (Fsp3) is 0.400. The number of hydrogen-bond donors (Lipinski definition) is 2. The highest BCUT2D eigenvalue weighted by atomic mass is 127. The Morgan fingerprint density at radius 1 is 0.879 bits per heavy atom. The van der Waals surface area contributed by atoms with E-state index in [0.717, 1.165) is 25.3 Å². The highest BCUT2D eigenvalue weighted by Crippen LogP contribution is 2.37. The van der Waals surface area contributed by atoms with Gasteiger partial charge in [-0.2, -0.15) is 31.3 Å². The van der Waals surface area contributed by atoms with Gasteiger partial charge in [-0.05, 0) is 36.7 Å². The highest BCUT2D eigenvalue weighted by Gasteiger charge is 2.36. The summed E-state index contributed by atoms with van der Waals surface area (Å²) in [6, 6.07) is 4.90. The number of benzene rings is 1. The molecule has 2 heterocycles. The predicted octanol–water partition coefficient (Wildman–Crippen LogP) is 6.36. The Balaban J connectivity index is 0.00000149. The number of aromatic nitrogens is 5. The summed E-state index contributed by atoms with van der Waals surface area (Å²) in [7, 11) is 0. The summed E-state index contributed by atoms with van der Waals surface area (Å²) in [5, 5.41) is 7.93. The lowest BCUT2D eigenvalue weighted by Gasteiger charge is -2.16. The molecule has 0 amide bonds. The highest BCUT2D eigenvalue weighted by molar-refractivity contribution is 14.1. The summed E-state index contributed by atoms with van der Waals surface area (Å²) in [6.07, 6.45) is -5.79. The predicted molar refractivity (Wildman–Crippen MR) is 118 cm³/mol. The van der Waals surface area contributed by atoms with Crippen LogP contribution in [0.15, 0.2) is 24.3 Å². The molecule has 0 bridgehead atoms. The molecule has 33 heavy (non-hydrogen) atoms. The van der Waals surface area contributed by atoms with Crippen LogP contribution in [0.3, 0.4) is 0 Å². The second-order valence-electron chi connectivity index (χ2n) is 7.06. The smallest absolute Gasteiger partial charge is 0.307 e. The van der Waals surface area contributed by atoms with Crippen LogP contribution in [0, 0.1) is 0 Å². The normalized spacial score (nSPS) is 14.1. The van der Waals surface area contributed by atoms with Crippen molar-refractivity contribution in [3.63, 3.8) is 0 Å². The second-order valence-corrected chi connectivity index (χ2v) is 7.06. The lowest BCUT2D eigenvalue weighted by molar-refractivity contribution is -0.144. The van der Waals surface area contributed by atoms with Gasteiger partial charge in [-0.15, -0.1) is 5.10 Å². The second kappa shape index (κ2) is 10.2. The van der Waals surface area contributed by atoms with E-state index < -0.39 is 23.7 Å². The zero-order chi connectivity index (χ0) is 24.2. The number of nitrogens with one attached hydrogen (secondary N) is 2. The molecule has 6 nitrogen and oxygen atoms in total. The van der Waals surface area contributed by atoms with Crippen molar-refractivity contribution in [2.75, 3.05) is 10.2 Å². The van der Waals surface area contributed by atoms with Gasteiger partial charge in [-0.25, -0.2) is 9.97 Å². The minimum Gasteiger partial charge on any atom is -0.307 e. The molecule has 2 N–H and O–H groups in total. The average molecular weight is 584 g/mol. The van der Waals surface area contributed by atoms with Gasteiger partial charge in [0.1, 0.15) is 5.82 Å². The molecular weight excluding hydrogens is 565 g/mol. The molecule has 0 aliphatic heterocycles. The number of aryl methyl sites for hydroxylation is 1. The van der Waals surface area contributed by atoms with Crippen molar-refractivity contribution in [3.8, 4) is 11.4 Å². The van der Waals surface area contributed by atoms with E-state index in [2.05, 4.69) is 48.0 Å². The molecule has 2 aromatic heterocycles. The fourth-order valence-corrected chi connectivity index (χ4v) is 3.47. The average Bonchev–Trinajstić information content (AvgIpc) is 3.12. The first-order valence-electron chi connectivity index (χ1n) is 9.84. The quantitative estimate of drug-likeness (QED) is 0.162. The number of fused-ring (bicyclic) bond motifs is 1. The van der Waals surface area contributed by atoms with Crippen LogP contribution in [-0.2, 0) is 25.2 Å². The number of rotatable bonds is 3. The van der Waals surface area contributed by atoms with Crippen molar-refractivity contribution in [2.45, 2.75) is 44.5 Å². The van der Waals surface area contributed by atoms with Crippen LogP contribution in [0.2, 0.25) is 0 Å². The van der Waals surface area contributed by atoms with E-state index in [0.29, 0.717) is 24.1 Å². The third-order valence-electron chi connectivity index (χ3n) is 4.89. The van der Waals surface area contributed by atoms with E-state index in [1.54, 1.807) is 5.10 Å². The number of aromatic amines is 1. The monoisotopic (exact) mass is 584 g/mol. The van der Waals surface area contributed by atoms with Gasteiger partial charge in [0.2, 0.25) is 11.8 Å². The molecule has 0 unspecified atom stereocenters. The van der Waals surface area contributed by atoms with E-state index in [1.807, 2.05) is 4.93 Å². The fourth-order valence-electron chi connectivity index (χ4n) is 3.47. The summed E-state index contributed by atoms with van der Waals surface area (Å²) < 4.78 is 78.9. The van der Waals surface area contributed by atoms with E-state index in [4.69, 9.17) is 0 Å². The summed E-state index contributed by atoms with van der Waals surface area (Å²) in [5.74, 6) is -1.74. The van der Waals surface area contributed by atoms with Gasteiger partial charge in [-0.1, -0.05) is 47.2 Å². The van der Waals surface area contributed by atoms with Crippen LogP contribution >= 0.6 is 22.6 Å². The molecule has 1 aliphatic rings. The first kappa shape index (κ1) is 25.2. The Morgan fingerprint density at radius 3 is 2.24 bits per heavy atom. The molecule has 1 aliphatic carbocycles. The molecule has 1 aromatic carbocycles. The topological polar surface area (TPSA) is 79.4 Å². The zero-order valence-electron chi connectivity index (χ0n) is 17.3. The molecule has 0 atom stereocenters. The molecule has 0 radical (unpaired) electrons.